The Labute approximate surface area is 132 Å². The highest BCUT2D eigenvalue weighted by atomic mass is 79.9. The zero-order valence-electron chi connectivity index (χ0n) is 11.9. The van der Waals surface area contributed by atoms with Crippen molar-refractivity contribution in [3.05, 3.63) is 40.0 Å². The molecule has 6 heteroatoms. The molecule has 1 saturated carbocycles. The summed E-state index contributed by atoms with van der Waals surface area (Å²) in [5, 5.41) is 3.96. The average Bonchev–Trinajstić information content (AvgIpc) is 3.17. The van der Waals surface area contributed by atoms with E-state index in [1.165, 1.54) is 0 Å². The Morgan fingerprint density at radius 3 is 3.00 bits per heavy atom. The Bertz CT molecular complexity index is 623. The Hall–Kier alpha value is -1.40. The molecule has 0 bridgehead atoms. The van der Waals surface area contributed by atoms with E-state index in [1.54, 1.807) is 0 Å². The maximum atomic E-state index is 5.88. The number of hydrogen-bond acceptors (Lipinski definition) is 5. The van der Waals surface area contributed by atoms with Gasteiger partial charge in [0, 0.05) is 16.4 Å². The van der Waals surface area contributed by atoms with Gasteiger partial charge < -0.3 is 15.0 Å². The number of rotatable bonds is 6. The van der Waals surface area contributed by atoms with Crippen LogP contribution in [0.5, 0.6) is 5.75 Å². The Morgan fingerprint density at radius 1 is 1.48 bits per heavy atom. The molecule has 0 saturated heterocycles. The predicted octanol–water partition coefficient (Wildman–Crippen LogP) is 3.18. The summed E-state index contributed by atoms with van der Waals surface area (Å²) in [6.45, 7) is 2.29. The summed E-state index contributed by atoms with van der Waals surface area (Å²) in [6, 6.07) is 5.99. The van der Waals surface area contributed by atoms with Crippen LogP contribution in [0.1, 0.15) is 43.0 Å². The van der Waals surface area contributed by atoms with Crippen LogP contribution >= 0.6 is 15.9 Å². The number of halogens is 1. The normalized spacial score (nSPS) is 16.0. The standard InChI is InChI=1S/C15H18BrN3O2/c1-9(17)6-11-7-12(16)4-5-13(11)20-8-14-18-15(21-19-14)10-2-3-10/h4-5,7,9-10H,2-3,6,8,17H2,1H3. The quantitative estimate of drug-likeness (QED) is 0.864. The Morgan fingerprint density at radius 2 is 2.29 bits per heavy atom. The molecule has 0 amide bonds. The van der Waals surface area contributed by atoms with Gasteiger partial charge in [-0.25, -0.2) is 0 Å². The molecule has 1 aromatic carbocycles. The van der Waals surface area contributed by atoms with Crippen molar-refractivity contribution < 1.29 is 9.26 Å². The minimum atomic E-state index is 0.0771. The lowest BCUT2D eigenvalue weighted by Gasteiger charge is -2.12. The second-order valence-corrected chi connectivity index (χ2v) is 6.46. The molecule has 1 aliphatic carbocycles. The monoisotopic (exact) mass is 351 g/mol. The molecule has 21 heavy (non-hydrogen) atoms. The zero-order valence-corrected chi connectivity index (χ0v) is 13.5. The fourth-order valence-electron chi connectivity index (χ4n) is 2.16. The van der Waals surface area contributed by atoms with E-state index in [0.29, 0.717) is 18.3 Å². The molecule has 1 aromatic heterocycles. The number of ether oxygens (including phenoxy) is 1. The highest BCUT2D eigenvalue weighted by molar-refractivity contribution is 9.10. The average molecular weight is 352 g/mol. The summed E-state index contributed by atoms with van der Waals surface area (Å²) >= 11 is 3.47. The first kappa shape index (κ1) is 14.5. The van der Waals surface area contributed by atoms with E-state index in [4.69, 9.17) is 15.0 Å². The van der Waals surface area contributed by atoms with Gasteiger partial charge in [-0.1, -0.05) is 21.1 Å². The number of nitrogens with zero attached hydrogens (tertiary/aromatic N) is 2. The van der Waals surface area contributed by atoms with E-state index in [-0.39, 0.29) is 6.04 Å². The van der Waals surface area contributed by atoms with Gasteiger partial charge >= 0.3 is 0 Å². The van der Waals surface area contributed by atoms with Crippen molar-refractivity contribution in [1.29, 1.82) is 0 Å². The molecule has 1 aliphatic rings. The van der Waals surface area contributed by atoms with Crippen LogP contribution in [0.25, 0.3) is 0 Å². The van der Waals surface area contributed by atoms with Gasteiger partial charge in [0.05, 0.1) is 0 Å². The molecular weight excluding hydrogens is 334 g/mol. The van der Waals surface area contributed by atoms with Gasteiger partial charge in [0.2, 0.25) is 11.7 Å². The zero-order chi connectivity index (χ0) is 14.8. The molecule has 3 rings (SSSR count). The van der Waals surface area contributed by atoms with Crippen LogP contribution in [0, 0.1) is 0 Å². The van der Waals surface area contributed by atoms with Crippen molar-refractivity contribution >= 4 is 15.9 Å². The highest BCUT2D eigenvalue weighted by Gasteiger charge is 2.29. The fraction of sp³-hybridized carbons (Fsp3) is 0.467. The first-order valence-electron chi connectivity index (χ1n) is 7.11. The highest BCUT2D eigenvalue weighted by Crippen LogP contribution is 2.38. The third kappa shape index (κ3) is 3.83. The Kier molecular flexibility index (Phi) is 4.26. The Balaban J connectivity index is 1.68. The lowest BCUT2D eigenvalue weighted by atomic mass is 10.1. The topological polar surface area (TPSA) is 74.2 Å². The molecule has 5 nitrogen and oxygen atoms in total. The maximum Gasteiger partial charge on any atom is 0.229 e. The van der Waals surface area contributed by atoms with Crippen molar-refractivity contribution in [2.75, 3.05) is 0 Å². The van der Waals surface area contributed by atoms with Gasteiger partial charge in [0.25, 0.3) is 0 Å². The number of hydrogen-bond donors (Lipinski definition) is 1. The van der Waals surface area contributed by atoms with E-state index >= 15 is 0 Å². The third-order valence-electron chi connectivity index (χ3n) is 3.33. The SMILES string of the molecule is CC(N)Cc1cc(Br)ccc1OCc1noc(C2CC2)n1. The van der Waals surface area contributed by atoms with Gasteiger partial charge in [0.1, 0.15) is 5.75 Å². The number of aromatic nitrogens is 2. The van der Waals surface area contributed by atoms with Crippen LogP contribution in [-0.2, 0) is 13.0 Å². The fourth-order valence-corrected chi connectivity index (χ4v) is 2.57. The van der Waals surface area contributed by atoms with E-state index in [1.807, 2.05) is 25.1 Å². The maximum absolute atomic E-state index is 5.88. The summed E-state index contributed by atoms with van der Waals surface area (Å²) in [5.74, 6) is 2.60. The molecule has 1 fully saturated rings. The summed E-state index contributed by atoms with van der Waals surface area (Å²) in [7, 11) is 0. The van der Waals surface area contributed by atoms with Crippen molar-refractivity contribution in [2.45, 2.75) is 44.8 Å². The van der Waals surface area contributed by atoms with Gasteiger partial charge in [-0.05, 0) is 49.9 Å². The largest absolute Gasteiger partial charge is 0.485 e. The third-order valence-corrected chi connectivity index (χ3v) is 3.82. The van der Waals surface area contributed by atoms with Crippen molar-refractivity contribution in [3.63, 3.8) is 0 Å². The second-order valence-electron chi connectivity index (χ2n) is 5.55. The van der Waals surface area contributed by atoms with Crippen LogP contribution in [0.3, 0.4) is 0 Å². The van der Waals surface area contributed by atoms with E-state index in [2.05, 4.69) is 26.1 Å². The van der Waals surface area contributed by atoms with E-state index in [9.17, 15) is 0 Å². The van der Waals surface area contributed by atoms with Gasteiger partial charge in [-0.3, -0.25) is 0 Å². The smallest absolute Gasteiger partial charge is 0.229 e. The molecular formula is C15H18BrN3O2. The van der Waals surface area contributed by atoms with Crippen LogP contribution in [0.2, 0.25) is 0 Å². The summed E-state index contributed by atoms with van der Waals surface area (Å²) in [6.07, 6.45) is 3.05. The van der Waals surface area contributed by atoms with Crippen LogP contribution < -0.4 is 10.5 Å². The van der Waals surface area contributed by atoms with Crippen molar-refractivity contribution in [3.8, 4) is 5.75 Å². The lowest BCUT2D eigenvalue weighted by molar-refractivity contribution is 0.282. The lowest BCUT2D eigenvalue weighted by Crippen LogP contribution is -2.18. The van der Waals surface area contributed by atoms with Crippen LogP contribution in [-0.4, -0.2) is 16.2 Å². The molecule has 1 heterocycles. The van der Waals surface area contributed by atoms with Crippen LogP contribution in [0.4, 0.5) is 0 Å². The molecule has 0 aliphatic heterocycles. The predicted molar refractivity (Wildman–Crippen MR) is 82.1 cm³/mol. The van der Waals surface area contributed by atoms with Crippen LogP contribution in [0.15, 0.2) is 27.2 Å². The van der Waals surface area contributed by atoms with E-state index < -0.39 is 0 Å². The molecule has 0 radical (unpaired) electrons. The second kappa shape index (κ2) is 6.15. The summed E-state index contributed by atoms with van der Waals surface area (Å²) in [5.41, 5.74) is 6.96. The molecule has 0 spiro atoms. The van der Waals surface area contributed by atoms with Gasteiger partial charge in [-0.2, -0.15) is 4.98 Å². The number of nitrogens with two attached hydrogens (primary N) is 1. The molecule has 2 N–H and O–H groups in total. The number of benzene rings is 1. The summed E-state index contributed by atoms with van der Waals surface area (Å²) in [4.78, 5) is 4.36. The minimum Gasteiger partial charge on any atom is -0.485 e. The minimum absolute atomic E-state index is 0.0771. The van der Waals surface area contributed by atoms with Gasteiger partial charge in [-0.15, -0.1) is 0 Å². The molecule has 1 unspecified atom stereocenters. The first-order valence-corrected chi connectivity index (χ1v) is 7.90. The molecule has 112 valence electrons. The molecule has 2 aromatic rings. The van der Waals surface area contributed by atoms with E-state index in [0.717, 1.165) is 40.9 Å². The van der Waals surface area contributed by atoms with Crippen molar-refractivity contribution in [1.82, 2.24) is 10.1 Å². The van der Waals surface area contributed by atoms with Gasteiger partial charge in [0.15, 0.2) is 6.61 Å². The first-order chi connectivity index (χ1) is 10.1. The summed E-state index contributed by atoms with van der Waals surface area (Å²) < 4.78 is 12.1. The molecule has 1 atom stereocenters. The van der Waals surface area contributed by atoms with Crippen molar-refractivity contribution in [2.24, 2.45) is 5.73 Å².